The van der Waals surface area contributed by atoms with E-state index in [1.54, 1.807) is 13.8 Å². The third-order valence-corrected chi connectivity index (χ3v) is 4.68. The SMILES string of the molecule is CC(C)Oc1cc2c(C(=O)O)c(-c3ccc(F)cc3)oc2cc1S(N)(=O)=O. The number of halogens is 1. The van der Waals surface area contributed by atoms with Gasteiger partial charge in [-0.2, -0.15) is 0 Å². The van der Waals surface area contributed by atoms with Gasteiger partial charge in [-0.25, -0.2) is 22.7 Å². The highest BCUT2D eigenvalue weighted by molar-refractivity contribution is 7.89. The number of hydrogen-bond acceptors (Lipinski definition) is 5. The van der Waals surface area contributed by atoms with Crippen LogP contribution in [-0.4, -0.2) is 25.6 Å². The Labute approximate surface area is 154 Å². The van der Waals surface area contributed by atoms with Gasteiger partial charge in [-0.1, -0.05) is 0 Å². The van der Waals surface area contributed by atoms with Crippen LogP contribution in [-0.2, 0) is 10.0 Å². The second-order valence-corrected chi connectivity index (χ2v) is 7.65. The van der Waals surface area contributed by atoms with Crippen molar-refractivity contribution < 1.29 is 31.9 Å². The van der Waals surface area contributed by atoms with Gasteiger partial charge in [0, 0.05) is 17.0 Å². The molecule has 0 amide bonds. The fourth-order valence-electron chi connectivity index (χ4n) is 2.69. The Balaban J connectivity index is 2.35. The van der Waals surface area contributed by atoms with Gasteiger partial charge in [0.25, 0.3) is 0 Å². The minimum Gasteiger partial charge on any atom is -0.490 e. The quantitative estimate of drug-likeness (QED) is 0.686. The number of carboxylic acids is 1. The van der Waals surface area contributed by atoms with E-state index < -0.39 is 21.8 Å². The first-order valence-corrected chi connectivity index (χ1v) is 9.42. The lowest BCUT2D eigenvalue weighted by molar-refractivity contribution is 0.0699. The number of carbonyl (C=O) groups is 1. The Kier molecular flexibility index (Phi) is 4.66. The van der Waals surface area contributed by atoms with Gasteiger partial charge >= 0.3 is 5.97 Å². The molecule has 0 unspecified atom stereocenters. The summed E-state index contributed by atoms with van der Waals surface area (Å²) in [6.45, 7) is 3.38. The molecule has 0 spiro atoms. The van der Waals surface area contributed by atoms with E-state index in [0.29, 0.717) is 5.56 Å². The zero-order chi connectivity index (χ0) is 19.9. The van der Waals surface area contributed by atoms with Crippen LogP contribution in [0.4, 0.5) is 4.39 Å². The number of primary sulfonamides is 1. The fourth-order valence-corrected chi connectivity index (χ4v) is 3.35. The van der Waals surface area contributed by atoms with Gasteiger partial charge in [-0.05, 0) is 44.2 Å². The summed E-state index contributed by atoms with van der Waals surface area (Å²) in [5.41, 5.74) is 0.145. The minimum atomic E-state index is -4.15. The zero-order valence-corrected chi connectivity index (χ0v) is 15.2. The number of furan rings is 1. The number of aromatic carboxylic acids is 1. The number of hydrogen-bond donors (Lipinski definition) is 2. The Hall–Kier alpha value is -2.91. The van der Waals surface area contributed by atoms with Crippen molar-refractivity contribution in [1.29, 1.82) is 0 Å². The molecule has 0 radical (unpaired) electrons. The second kappa shape index (κ2) is 6.67. The van der Waals surface area contributed by atoms with Crippen LogP contribution >= 0.6 is 0 Å². The summed E-state index contributed by atoms with van der Waals surface area (Å²) in [4.78, 5) is 11.5. The van der Waals surface area contributed by atoms with Crippen LogP contribution in [0.3, 0.4) is 0 Å². The van der Waals surface area contributed by atoms with Crippen LogP contribution in [0.5, 0.6) is 5.75 Å². The summed E-state index contributed by atoms with van der Waals surface area (Å²) >= 11 is 0. The molecule has 1 aromatic heterocycles. The largest absolute Gasteiger partial charge is 0.490 e. The van der Waals surface area contributed by atoms with Crippen LogP contribution in [0, 0.1) is 5.82 Å². The highest BCUT2D eigenvalue weighted by atomic mass is 32.2. The Bertz CT molecular complexity index is 1130. The maximum Gasteiger partial charge on any atom is 0.340 e. The summed E-state index contributed by atoms with van der Waals surface area (Å²) in [5, 5.41) is 15.0. The van der Waals surface area contributed by atoms with E-state index in [2.05, 4.69) is 0 Å². The van der Waals surface area contributed by atoms with Crippen LogP contribution in [0.1, 0.15) is 24.2 Å². The molecule has 3 N–H and O–H groups in total. The van der Waals surface area contributed by atoms with Crippen molar-refractivity contribution in [2.24, 2.45) is 5.14 Å². The van der Waals surface area contributed by atoms with Gasteiger partial charge in [-0.3, -0.25) is 0 Å². The molecule has 142 valence electrons. The van der Waals surface area contributed by atoms with E-state index in [1.165, 1.54) is 18.2 Å². The van der Waals surface area contributed by atoms with E-state index >= 15 is 0 Å². The maximum atomic E-state index is 13.2. The fraction of sp³-hybridized carbons (Fsp3) is 0.167. The first kappa shape index (κ1) is 18.9. The second-order valence-electron chi connectivity index (χ2n) is 6.12. The van der Waals surface area contributed by atoms with Crippen LogP contribution in [0.25, 0.3) is 22.3 Å². The molecule has 0 saturated carbocycles. The number of ether oxygens (including phenoxy) is 1. The first-order valence-electron chi connectivity index (χ1n) is 7.87. The molecule has 0 bridgehead atoms. The predicted molar refractivity (Wildman–Crippen MR) is 95.7 cm³/mol. The van der Waals surface area contributed by atoms with Crippen molar-refractivity contribution in [3.8, 4) is 17.1 Å². The maximum absolute atomic E-state index is 13.2. The molecule has 3 aromatic rings. The molecule has 3 rings (SSSR count). The van der Waals surface area contributed by atoms with Crippen LogP contribution in [0.15, 0.2) is 45.7 Å². The first-order chi connectivity index (χ1) is 12.6. The smallest absolute Gasteiger partial charge is 0.340 e. The van der Waals surface area contributed by atoms with Gasteiger partial charge in [0.15, 0.2) is 0 Å². The molecule has 0 saturated heterocycles. The molecule has 1 heterocycles. The number of rotatable bonds is 5. The third-order valence-electron chi connectivity index (χ3n) is 3.74. The molecule has 0 fully saturated rings. The van der Waals surface area contributed by atoms with E-state index in [1.807, 2.05) is 0 Å². The topological polar surface area (TPSA) is 120 Å². The summed E-state index contributed by atoms with van der Waals surface area (Å²) in [6.07, 6.45) is -0.375. The van der Waals surface area contributed by atoms with Crippen molar-refractivity contribution in [3.63, 3.8) is 0 Å². The normalized spacial score (nSPS) is 11.9. The van der Waals surface area contributed by atoms with Gasteiger partial charge < -0.3 is 14.3 Å². The third kappa shape index (κ3) is 3.64. The van der Waals surface area contributed by atoms with Gasteiger partial charge in [-0.15, -0.1) is 0 Å². The number of fused-ring (bicyclic) bond motifs is 1. The van der Waals surface area contributed by atoms with Gasteiger partial charge in [0.2, 0.25) is 10.0 Å². The van der Waals surface area contributed by atoms with Gasteiger partial charge in [0.1, 0.15) is 33.4 Å². The van der Waals surface area contributed by atoms with Crippen LogP contribution < -0.4 is 9.88 Å². The average molecular weight is 393 g/mol. The summed E-state index contributed by atoms with van der Waals surface area (Å²) in [6, 6.07) is 7.46. The molecule has 2 aromatic carbocycles. The number of nitrogens with two attached hydrogens (primary N) is 1. The highest BCUT2D eigenvalue weighted by Gasteiger charge is 2.26. The number of carboxylic acid groups (broad SMARTS) is 1. The monoisotopic (exact) mass is 393 g/mol. The minimum absolute atomic E-state index is 0.00635. The predicted octanol–water partition coefficient (Wildman–Crippen LogP) is 3.37. The standard InChI is InChI=1S/C18H16FNO6S/c1-9(2)25-14-7-12-13(8-15(14)27(20,23)24)26-17(16(12)18(21)22)10-3-5-11(19)6-4-10/h3-9H,1-2H3,(H,21,22)(H2,20,23,24). The van der Waals surface area contributed by atoms with E-state index in [0.717, 1.165) is 18.2 Å². The van der Waals surface area contributed by atoms with E-state index in [4.69, 9.17) is 14.3 Å². The number of benzene rings is 2. The van der Waals surface area contributed by atoms with Gasteiger partial charge in [0.05, 0.1) is 6.10 Å². The number of sulfonamides is 1. The lowest BCUT2D eigenvalue weighted by atomic mass is 10.1. The highest BCUT2D eigenvalue weighted by Crippen LogP contribution is 2.38. The summed E-state index contributed by atoms with van der Waals surface area (Å²) in [7, 11) is -4.15. The molecule has 0 aliphatic carbocycles. The Morgan fingerprint density at radius 3 is 2.37 bits per heavy atom. The van der Waals surface area contributed by atoms with E-state index in [9.17, 15) is 22.7 Å². The Morgan fingerprint density at radius 1 is 1.22 bits per heavy atom. The molecule has 9 heteroatoms. The average Bonchev–Trinajstić information content (AvgIpc) is 2.91. The molecular weight excluding hydrogens is 377 g/mol. The molecule has 0 atom stereocenters. The molecule has 0 aliphatic rings. The van der Waals surface area contributed by atoms with Crippen molar-refractivity contribution in [1.82, 2.24) is 0 Å². The summed E-state index contributed by atoms with van der Waals surface area (Å²) < 4.78 is 48.1. The molecule has 27 heavy (non-hydrogen) atoms. The Morgan fingerprint density at radius 2 is 1.85 bits per heavy atom. The molecular formula is C18H16FNO6S. The van der Waals surface area contributed by atoms with Crippen molar-refractivity contribution >= 4 is 27.0 Å². The zero-order valence-electron chi connectivity index (χ0n) is 14.4. The van der Waals surface area contributed by atoms with Crippen molar-refractivity contribution in [3.05, 3.63) is 47.8 Å². The molecule has 0 aliphatic heterocycles. The lowest BCUT2D eigenvalue weighted by Crippen LogP contribution is -2.16. The van der Waals surface area contributed by atoms with E-state index in [-0.39, 0.29) is 39.0 Å². The lowest BCUT2D eigenvalue weighted by Gasteiger charge is -2.13. The summed E-state index contributed by atoms with van der Waals surface area (Å²) in [5.74, 6) is -1.88. The molecule has 7 nitrogen and oxygen atoms in total. The van der Waals surface area contributed by atoms with Crippen molar-refractivity contribution in [2.75, 3.05) is 0 Å². The van der Waals surface area contributed by atoms with Crippen LogP contribution in [0.2, 0.25) is 0 Å². The van der Waals surface area contributed by atoms with Crippen molar-refractivity contribution in [2.45, 2.75) is 24.8 Å².